The van der Waals surface area contributed by atoms with Gasteiger partial charge in [-0.05, 0) is 57.3 Å². The summed E-state index contributed by atoms with van der Waals surface area (Å²) < 4.78 is 0. The highest BCUT2D eigenvalue weighted by molar-refractivity contribution is 6.05. The number of fused-ring (bicyclic) bond motifs is 7. The van der Waals surface area contributed by atoms with Crippen LogP contribution in [0.4, 0.5) is 0 Å². The van der Waals surface area contributed by atoms with Gasteiger partial charge in [-0.15, -0.1) is 0 Å². The van der Waals surface area contributed by atoms with E-state index in [9.17, 15) is 5.11 Å². The number of aryl methyl sites for hydroxylation is 2. The summed E-state index contributed by atoms with van der Waals surface area (Å²) in [5, 5.41) is 15.1. The summed E-state index contributed by atoms with van der Waals surface area (Å²) in [5.41, 5.74) is 5.31. The van der Waals surface area contributed by atoms with Gasteiger partial charge < -0.3 is 5.11 Å². The third-order valence-electron chi connectivity index (χ3n) is 5.06. The number of phenolic OH excluding ortho intramolecular Hbond substituents is 1. The molecule has 4 aromatic rings. The van der Waals surface area contributed by atoms with E-state index in [4.69, 9.17) is 0 Å². The van der Waals surface area contributed by atoms with Crippen LogP contribution in [0.25, 0.3) is 32.7 Å². The van der Waals surface area contributed by atoms with Crippen LogP contribution < -0.4 is 0 Å². The van der Waals surface area contributed by atoms with Crippen molar-refractivity contribution in [1.29, 1.82) is 0 Å². The molecule has 0 heterocycles. The lowest BCUT2D eigenvalue weighted by atomic mass is 9.80. The van der Waals surface area contributed by atoms with Crippen LogP contribution in [0.2, 0.25) is 0 Å². The van der Waals surface area contributed by atoms with Gasteiger partial charge in [-0.3, -0.25) is 0 Å². The molecule has 0 unspecified atom stereocenters. The molecular formula is C22H16O. The Morgan fingerprint density at radius 2 is 1.43 bits per heavy atom. The Kier molecular flexibility index (Phi) is 2.54. The number of benzene rings is 4. The monoisotopic (exact) mass is 296 g/mol. The molecule has 0 aromatic heterocycles. The van der Waals surface area contributed by atoms with E-state index < -0.39 is 0 Å². The Balaban J connectivity index is 1.94. The first-order chi connectivity index (χ1) is 11.3. The third-order valence-corrected chi connectivity index (χ3v) is 5.06. The van der Waals surface area contributed by atoms with Gasteiger partial charge in [-0.2, -0.15) is 0 Å². The summed E-state index contributed by atoms with van der Waals surface area (Å²) in [6, 6.07) is 23.2. The molecule has 0 atom stereocenters. The van der Waals surface area contributed by atoms with Crippen LogP contribution >= 0.6 is 0 Å². The van der Waals surface area contributed by atoms with Crippen LogP contribution in [-0.4, -0.2) is 5.11 Å². The molecule has 0 saturated heterocycles. The van der Waals surface area contributed by atoms with Crippen LogP contribution in [0.15, 0.2) is 66.7 Å². The van der Waals surface area contributed by atoms with E-state index in [1.807, 2.05) is 18.2 Å². The minimum Gasteiger partial charge on any atom is -0.507 e. The number of phenols is 1. The lowest BCUT2D eigenvalue weighted by Crippen LogP contribution is -2.05. The summed E-state index contributed by atoms with van der Waals surface area (Å²) in [4.78, 5) is 0. The standard InChI is InChI=1S/C22H16O/c23-21-13-15-10-11-17-16-6-2-1-5-14(16)9-12-20(17)22(15)19-8-4-3-7-18(19)21/h1-9,12-13,23H,10-11H2. The van der Waals surface area contributed by atoms with Gasteiger partial charge in [0.05, 0.1) is 0 Å². The van der Waals surface area contributed by atoms with Crippen molar-refractivity contribution in [2.45, 2.75) is 12.8 Å². The molecule has 1 N–H and O–H groups in total. The van der Waals surface area contributed by atoms with E-state index >= 15 is 0 Å². The first kappa shape index (κ1) is 12.7. The Morgan fingerprint density at radius 3 is 2.30 bits per heavy atom. The van der Waals surface area contributed by atoms with Crippen molar-refractivity contribution in [2.75, 3.05) is 0 Å². The summed E-state index contributed by atoms with van der Waals surface area (Å²) >= 11 is 0. The first-order valence-corrected chi connectivity index (χ1v) is 8.07. The molecule has 1 heteroatoms. The molecule has 0 radical (unpaired) electrons. The highest BCUT2D eigenvalue weighted by atomic mass is 16.3. The third kappa shape index (κ3) is 1.74. The van der Waals surface area contributed by atoms with Gasteiger partial charge in [-0.25, -0.2) is 0 Å². The largest absolute Gasteiger partial charge is 0.507 e. The van der Waals surface area contributed by atoms with Crippen LogP contribution in [0.1, 0.15) is 11.1 Å². The van der Waals surface area contributed by atoms with Crippen molar-refractivity contribution in [2.24, 2.45) is 0 Å². The maximum Gasteiger partial charge on any atom is 0.123 e. The van der Waals surface area contributed by atoms with Gasteiger partial charge in [0.25, 0.3) is 0 Å². The molecule has 0 bridgehead atoms. The summed E-state index contributed by atoms with van der Waals surface area (Å²) in [6.07, 6.45) is 2.01. The number of rotatable bonds is 0. The van der Waals surface area contributed by atoms with Crippen molar-refractivity contribution in [3.63, 3.8) is 0 Å². The SMILES string of the molecule is Oc1cc2c(c3ccccc13)-c1ccc3ccccc3c1CC2. The van der Waals surface area contributed by atoms with Gasteiger partial charge in [0.15, 0.2) is 0 Å². The van der Waals surface area contributed by atoms with E-state index in [0.29, 0.717) is 5.75 Å². The molecule has 0 fully saturated rings. The Labute approximate surface area is 134 Å². The van der Waals surface area contributed by atoms with Crippen molar-refractivity contribution in [3.8, 4) is 16.9 Å². The fourth-order valence-corrected chi connectivity index (χ4v) is 4.03. The van der Waals surface area contributed by atoms with E-state index in [2.05, 4.69) is 48.5 Å². The second-order valence-electron chi connectivity index (χ2n) is 6.29. The average molecular weight is 296 g/mol. The Hall–Kier alpha value is -2.80. The molecule has 0 amide bonds. The van der Waals surface area contributed by atoms with Crippen LogP contribution in [-0.2, 0) is 12.8 Å². The van der Waals surface area contributed by atoms with E-state index in [1.165, 1.54) is 33.0 Å². The molecule has 1 nitrogen and oxygen atoms in total. The lowest BCUT2D eigenvalue weighted by molar-refractivity contribution is 0.481. The number of hydrogen-bond donors (Lipinski definition) is 1. The molecule has 0 aliphatic heterocycles. The fraction of sp³-hybridized carbons (Fsp3) is 0.0909. The predicted octanol–water partition coefficient (Wildman–Crippen LogP) is 5.46. The topological polar surface area (TPSA) is 20.2 Å². The van der Waals surface area contributed by atoms with Gasteiger partial charge in [-0.1, -0.05) is 60.7 Å². The Bertz CT molecular complexity index is 1080. The highest BCUT2D eigenvalue weighted by Gasteiger charge is 2.21. The second kappa shape index (κ2) is 4.60. The zero-order chi connectivity index (χ0) is 15.4. The minimum atomic E-state index is 0.392. The number of aromatic hydroxyl groups is 1. The normalized spacial score (nSPS) is 13.0. The van der Waals surface area contributed by atoms with Crippen LogP contribution in [0, 0.1) is 0 Å². The van der Waals surface area contributed by atoms with Gasteiger partial charge >= 0.3 is 0 Å². The molecule has 1 aliphatic rings. The first-order valence-electron chi connectivity index (χ1n) is 8.07. The van der Waals surface area contributed by atoms with Crippen LogP contribution in [0.5, 0.6) is 5.75 Å². The highest BCUT2D eigenvalue weighted by Crippen LogP contribution is 2.43. The zero-order valence-corrected chi connectivity index (χ0v) is 12.7. The van der Waals surface area contributed by atoms with E-state index in [1.54, 1.807) is 0 Å². The summed E-state index contributed by atoms with van der Waals surface area (Å²) in [7, 11) is 0. The fourth-order valence-electron chi connectivity index (χ4n) is 4.03. The molecule has 4 aromatic carbocycles. The quantitative estimate of drug-likeness (QED) is 0.456. The van der Waals surface area contributed by atoms with Crippen molar-refractivity contribution in [3.05, 3.63) is 77.9 Å². The molecule has 0 spiro atoms. The van der Waals surface area contributed by atoms with Crippen molar-refractivity contribution in [1.82, 2.24) is 0 Å². The smallest absolute Gasteiger partial charge is 0.123 e. The second-order valence-corrected chi connectivity index (χ2v) is 6.29. The predicted molar refractivity (Wildman–Crippen MR) is 96.0 cm³/mol. The molecular weight excluding hydrogens is 280 g/mol. The minimum absolute atomic E-state index is 0.392. The van der Waals surface area contributed by atoms with Crippen LogP contribution in [0.3, 0.4) is 0 Å². The molecule has 23 heavy (non-hydrogen) atoms. The molecule has 5 rings (SSSR count). The van der Waals surface area contributed by atoms with Crippen molar-refractivity contribution < 1.29 is 5.11 Å². The average Bonchev–Trinajstić information content (AvgIpc) is 2.61. The van der Waals surface area contributed by atoms with Gasteiger partial charge in [0.1, 0.15) is 5.75 Å². The number of hydrogen-bond acceptors (Lipinski definition) is 1. The summed E-state index contributed by atoms with van der Waals surface area (Å²) in [5.74, 6) is 0.392. The molecule has 0 saturated carbocycles. The maximum absolute atomic E-state index is 10.3. The Morgan fingerprint density at radius 1 is 0.696 bits per heavy atom. The zero-order valence-electron chi connectivity index (χ0n) is 12.7. The summed E-state index contributed by atoms with van der Waals surface area (Å²) in [6.45, 7) is 0. The van der Waals surface area contributed by atoms with Gasteiger partial charge in [0, 0.05) is 5.39 Å². The van der Waals surface area contributed by atoms with Gasteiger partial charge in [0.2, 0.25) is 0 Å². The van der Waals surface area contributed by atoms with Crippen molar-refractivity contribution >= 4 is 21.5 Å². The lowest BCUT2D eigenvalue weighted by Gasteiger charge is -2.24. The van der Waals surface area contributed by atoms with E-state index in [-0.39, 0.29) is 0 Å². The maximum atomic E-state index is 10.3. The van der Waals surface area contributed by atoms with E-state index in [0.717, 1.165) is 23.6 Å². The molecule has 110 valence electrons. The molecule has 1 aliphatic carbocycles.